The predicted octanol–water partition coefficient (Wildman–Crippen LogP) is 3.08. The molecule has 21 heavy (non-hydrogen) atoms. The molecule has 1 aromatic rings. The van der Waals surface area contributed by atoms with Crippen LogP contribution in [-0.2, 0) is 9.59 Å². The van der Waals surface area contributed by atoms with Gasteiger partial charge in [0.25, 0.3) is 0 Å². The van der Waals surface area contributed by atoms with Crippen LogP contribution < -0.4 is 5.32 Å². The Labute approximate surface area is 130 Å². The molecule has 0 heterocycles. The fourth-order valence-electron chi connectivity index (χ4n) is 1.95. The number of aryl methyl sites for hydroxylation is 2. The van der Waals surface area contributed by atoms with Crippen molar-refractivity contribution in [1.29, 1.82) is 0 Å². The molecule has 116 valence electrons. The van der Waals surface area contributed by atoms with Gasteiger partial charge >= 0.3 is 5.97 Å². The number of thioether (sulfide) groups is 1. The van der Waals surface area contributed by atoms with Crippen molar-refractivity contribution in [3.8, 4) is 0 Å². The Morgan fingerprint density at radius 2 is 1.71 bits per heavy atom. The number of carbonyl (C=O) groups is 2. The first-order valence-electron chi connectivity index (χ1n) is 6.83. The zero-order valence-corrected chi connectivity index (χ0v) is 14.0. The second-order valence-electron chi connectivity index (χ2n) is 6.16. The van der Waals surface area contributed by atoms with Crippen LogP contribution in [0.5, 0.6) is 0 Å². The summed E-state index contributed by atoms with van der Waals surface area (Å²) in [5, 5.41) is 12.0. The SMILES string of the molecule is Cc1cc(C)cc(C(NC(=O)CSC(C)(C)C)C(=O)O)c1. The van der Waals surface area contributed by atoms with Crippen LogP contribution >= 0.6 is 11.8 Å². The summed E-state index contributed by atoms with van der Waals surface area (Å²) in [5.41, 5.74) is 2.57. The number of amides is 1. The molecule has 0 aliphatic heterocycles. The maximum Gasteiger partial charge on any atom is 0.330 e. The zero-order chi connectivity index (χ0) is 16.2. The average Bonchev–Trinajstić information content (AvgIpc) is 2.30. The van der Waals surface area contributed by atoms with Gasteiger partial charge in [0.1, 0.15) is 0 Å². The second-order valence-corrected chi connectivity index (χ2v) is 7.96. The molecule has 1 amide bonds. The lowest BCUT2D eigenvalue weighted by Crippen LogP contribution is -2.35. The molecule has 0 fully saturated rings. The smallest absolute Gasteiger partial charge is 0.330 e. The van der Waals surface area contributed by atoms with E-state index in [-0.39, 0.29) is 16.4 Å². The number of hydrogen-bond acceptors (Lipinski definition) is 3. The fraction of sp³-hybridized carbons (Fsp3) is 0.500. The summed E-state index contributed by atoms with van der Waals surface area (Å²) in [6.07, 6.45) is 0. The first-order valence-corrected chi connectivity index (χ1v) is 7.81. The third-order valence-electron chi connectivity index (χ3n) is 2.77. The first kappa shape index (κ1) is 17.6. The summed E-state index contributed by atoms with van der Waals surface area (Å²) < 4.78 is -0.0318. The monoisotopic (exact) mass is 309 g/mol. The summed E-state index contributed by atoms with van der Waals surface area (Å²) in [4.78, 5) is 23.4. The molecule has 0 aliphatic carbocycles. The molecule has 4 nitrogen and oxygen atoms in total. The Morgan fingerprint density at radius 3 is 2.14 bits per heavy atom. The van der Waals surface area contributed by atoms with Crippen LogP contribution in [0.15, 0.2) is 18.2 Å². The zero-order valence-electron chi connectivity index (χ0n) is 13.2. The molecule has 2 N–H and O–H groups in total. The van der Waals surface area contributed by atoms with Gasteiger partial charge in [0, 0.05) is 4.75 Å². The number of carboxylic acid groups (broad SMARTS) is 1. The summed E-state index contributed by atoms with van der Waals surface area (Å²) >= 11 is 1.49. The van der Waals surface area contributed by atoms with Gasteiger partial charge in [0.2, 0.25) is 5.91 Å². The van der Waals surface area contributed by atoms with Gasteiger partial charge in [-0.15, -0.1) is 11.8 Å². The van der Waals surface area contributed by atoms with E-state index < -0.39 is 12.0 Å². The third kappa shape index (κ3) is 6.21. The molecular formula is C16H23NO3S. The molecule has 0 saturated carbocycles. The highest BCUT2D eigenvalue weighted by Gasteiger charge is 2.23. The van der Waals surface area contributed by atoms with Crippen LogP contribution in [0, 0.1) is 13.8 Å². The highest BCUT2D eigenvalue weighted by atomic mass is 32.2. The van der Waals surface area contributed by atoms with E-state index in [0.717, 1.165) is 11.1 Å². The van der Waals surface area contributed by atoms with E-state index in [4.69, 9.17) is 0 Å². The fourth-order valence-corrected chi connectivity index (χ4v) is 2.60. The Balaban J connectivity index is 2.83. The molecule has 0 saturated heterocycles. The number of carboxylic acids is 1. The van der Waals surface area contributed by atoms with Gasteiger partial charge in [-0.25, -0.2) is 4.79 Å². The highest BCUT2D eigenvalue weighted by molar-refractivity contribution is 8.01. The van der Waals surface area contributed by atoms with Crippen LogP contribution in [0.4, 0.5) is 0 Å². The minimum Gasteiger partial charge on any atom is -0.479 e. The van der Waals surface area contributed by atoms with Gasteiger partial charge in [-0.05, 0) is 19.4 Å². The van der Waals surface area contributed by atoms with Gasteiger partial charge in [0.15, 0.2) is 6.04 Å². The minimum atomic E-state index is -1.05. The summed E-state index contributed by atoms with van der Waals surface area (Å²) in [6, 6.07) is 4.56. The summed E-state index contributed by atoms with van der Waals surface area (Å²) in [5.74, 6) is -1.06. The van der Waals surface area contributed by atoms with Crippen molar-refractivity contribution in [1.82, 2.24) is 5.32 Å². The molecule has 1 atom stereocenters. The minimum absolute atomic E-state index is 0.0318. The Morgan fingerprint density at radius 1 is 1.19 bits per heavy atom. The number of carbonyl (C=O) groups excluding carboxylic acids is 1. The molecule has 5 heteroatoms. The van der Waals surface area contributed by atoms with E-state index in [2.05, 4.69) is 5.32 Å². The van der Waals surface area contributed by atoms with Crippen molar-refractivity contribution >= 4 is 23.6 Å². The molecule has 0 aromatic heterocycles. The van der Waals surface area contributed by atoms with Gasteiger partial charge < -0.3 is 10.4 Å². The van der Waals surface area contributed by atoms with E-state index >= 15 is 0 Å². The number of aliphatic carboxylic acids is 1. The maximum absolute atomic E-state index is 12.0. The molecular weight excluding hydrogens is 286 g/mol. The van der Waals surface area contributed by atoms with Crippen molar-refractivity contribution in [2.24, 2.45) is 0 Å². The lowest BCUT2D eigenvalue weighted by atomic mass is 10.0. The quantitative estimate of drug-likeness (QED) is 0.877. The largest absolute Gasteiger partial charge is 0.479 e. The molecule has 0 bridgehead atoms. The van der Waals surface area contributed by atoms with Crippen molar-refractivity contribution in [3.63, 3.8) is 0 Å². The summed E-state index contributed by atoms with van der Waals surface area (Å²) in [7, 11) is 0. The van der Waals surface area contributed by atoms with E-state index in [0.29, 0.717) is 5.56 Å². The van der Waals surface area contributed by atoms with Crippen molar-refractivity contribution in [2.45, 2.75) is 45.4 Å². The average molecular weight is 309 g/mol. The van der Waals surface area contributed by atoms with Crippen LogP contribution in [0.2, 0.25) is 0 Å². The number of hydrogen-bond donors (Lipinski definition) is 2. The topological polar surface area (TPSA) is 66.4 Å². The Kier molecular flexibility index (Phi) is 5.84. The molecule has 0 aliphatic rings. The normalized spacial score (nSPS) is 12.8. The lowest BCUT2D eigenvalue weighted by Gasteiger charge is -2.19. The van der Waals surface area contributed by atoms with E-state index in [1.807, 2.05) is 40.7 Å². The summed E-state index contributed by atoms with van der Waals surface area (Å²) in [6.45, 7) is 9.87. The van der Waals surface area contributed by atoms with Crippen molar-refractivity contribution < 1.29 is 14.7 Å². The van der Waals surface area contributed by atoms with Crippen LogP contribution in [0.1, 0.15) is 43.5 Å². The predicted molar refractivity (Wildman–Crippen MR) is 86.6 cm³/mol. The molecule has 0 radical (unpaired) electrons. The van der Waals surface area contributed by atoms with Crippen LogP contribution in [0.3, 0.4) is 0 Å². The highest BCUT2D eigenvalue weighted by Crippen LogP contribution is 2.23. The van der Waals surface area contributed by atoms with Crippen molar-refractivity contribution in [3.05, 3.63) is 34.9 Å². The van der Waals surface area contributed by atoms with Gasteiger partial charge in [0.05, 0.1) is 5.75 Å². The van der Waals surface area contributed by atoms with E-state index in [1.165, 1.54) is 11.8 Å². The van der Waals surface area contributed by atoms with Gasteiger partial charge in [-0.2, -0.15) is 0 Å². The molecule has 0 spiro atoms. The Bertz CT molecular complexity index is 515. The molecule has 1 aromatic carbocycles. The molecule has 1 rings (SSSR count). The van der Waals surface area contributed by atoms with Crippen LogP contribution in [-0.4, -0.2) is 27.5 Å². The lowest BCUT2D eigenvalue weighted by molar-refractivity contribution is -0.141. The maximum atomic E-state index is 12.0. The third-order valence-corrected chi connectivity index (χ3v) is 4.04. The van der Waals surface area contributed by atoms with Gasteiger partial charge in [-0.3, -0.25) is 4.79 Å². The van der Waals surface area contributed by atoms with E-state index in [9.17, 15) is 14.7 Å². The van der Waals surface area contributed by atoms with Gasteiger partial charge in [-0.1, -0.05) is 50.1 Å². The standard InChI is InChI=1S/C16H23NO3S/c1-10-6-11(2)8-12(7-10)14(15(19)20)17-13(18)9-21-16(3,4)5/h6-8,14H,9H2,1-5H3,(H,17,18)(H,19,20). The van der Waals surface area contributed by atoms with E-state index in [1.54, 1.807) is 12.1 Å². The first-order chi connectivity index (χ1) is 9.58. The van der Waals surface area contributed by atoms with Crippen LogP contribution in [0.25, 0.3) is 0 Å². The van der Waals surface area contributed by atoms with Crippen molar-refractivity contribution in [2.75, 3.05) is 5.75 Å². The number of benzene rings is 1. The second kappa shape index (κ2) is 6.98. The number of rotatable bonds is 5. The number of nitrogens with one attached hydrogen (secondary N) is 1. The Hall–Kier alpha value is -1.49. The molecule has 1 unspecified atom stereocenters.